The van der Waals surface area contributed by atoms with Crippen LogP contribution in [0.1, 0.15) is 0 Å². The summed E-state index contributed by atoms with van der Waals surface area (Å²) in [4.78, 5) is 12.8. The summed E-state index contributed by atoms with van der Waals surface area (Å²) in [6.07, 6.45) is -4.01. The second-order valence-corrected chi connectivity index (χ2v) is 5.53. The fraction of sp³-hybridized carbons (Fsp3) is 0.133. The largest absolute Gasteiger partial charge is 0.416 e. The molecular formula is C15H13F4IN2O. The number of hydrogen-bond acceptors (Lipinski definition) is 2. The third-order valence-corrected chi connectivity index (χ3v) is 3.72. The van der Waals surface area contributed by atoms with Gasteiger partial charge in [0.25, 0.3) is 5.91 Å². The summed E-state index contributed by atoms with van der Waals surface area (Å²) in [5.74, 6) is -2.64. The lowest BCUT2D eigenvalue weighted by molar-refractivity contribution is -0.115. The maximum absolute atomic E-state index is 14.2. The van der Waals surface area contributed by atoms with Crippen molar-refractivity contribution in [1.82, 2.24) is 4.90 Å². The van der Waals surface area contributed by atoms with E-state index in [1.54, 1.807) is 18.2 Å². The lowest BCUT2D eigenvalue weighted by Crippen LogP contribution is -2.26. The Hall–Kier alpha value is -1.84. The highest BCUT2D eigenvalue weighted by Gasteiger charge is 2.39. The van der Waals surface area contributed by atoms with Crippen molar-refractivity contribution >= 4 is 34.2 Å². The summed E-state index contributed by atoms with van der Waals surface area (Å²) < 4.78 is 53.4. The highest BCUT2D eigenvalue weighted by molar-refractivity contribution is 14.1. The molecule has 0 unspecified atom stereocenters. The van der Waals surface area contributed by atoms with Gasteiger partial charge in [0, 0.05) is 10.6 Å². The minimum absolute atomic E-state index is 0.264. The van der Waals surface area contributed by atoms with Gasteiger partial charge in [0.15, 0.2) is 0 Å². The van der Waals surface area contributed by atoms with Crippen LogP contribution in [0.4, 0.5) is 23.2 Å². The molecule has 23 heavy (non-hydrogen) atoms. The van der Waals surface area contributed by atoms with E-state index >= 15 is 0 Å². The highest BCUT2D eigenvalue weighted by Crippen LogP contribution is 2.33. The molecule has 0 saturated carbocycles. The summed E-state index contributed by atoms with van der Waals surface area (Å²) in [7, 11) is 1.13. The average molecular weight is 440 g/mol. The number of benzene rings is 1. The van der Waals surface area contributed by atoms with Crippen LogP contribution in [0.5, 0.6) is 0 Å². The van der Waals surface area contributed by atoms with Gasteiger partial charge in [-0.2, -0.15) is 17.6 Å². The molecule has 0 spiro atoms. The minimum Gasteiger partial charge on any atom is -0.328 e. The van der Waals surface area contributed by atoms with Gasteiger partial charge in [0.05, 0.1) is 11.3 Å². The molecule has 3 nitrogen and oxygen atoms in total. The van der Waals surface area contributed by atoms with Gasteiger partial charge >= 0.3 is 6.18 Å². The molecule has 0 aliphatic carbocycles. The van der Waals surface area contributed by atoms with Crippen LogP contribution in [0, 0.1) is 3.57 Å². The molecule has 8 heteroatoms. The van der Waals surface area contributed by atoms with Gasteiger partial charge in [-0.15, -0.1) is 0 Å². The van der Waals surface area contributed by atoms with Gasteiger partial charge in [-0.3, -0.25) is 4.79 Å². The molecule has 1 aromatic rings. The molecule has 0 radical (unpaired) electrons. The molecule has 0 fully saturated rings. The molecule has 0 aromatic heterocycles. The van der Waals surface area contributed by atoms with Crippen molar-refractivity contribution in [1.29, 1.82) is 0 Å². The van der Waals surface area contributed by atoms with Crippen LogP contribution in [-0.2, 0) is 4.79 Å². The second kappa shape index (κ2) is 7.62. The van der Waals surface area contributed by atoms with Crippen LogP contribution in [0.25, 0.3) is 0 Å². The Kier molecular flexibility index (Phi) is 6.37. The summed E-state index contributed by atoms with van der Waals surface area (Å²) in [6.45, 7) is 6.05. The maximum Gasteiger partial charge on any atom is 0.416 e. The lowest BCUT2D eigenvalue weighted by Gasteiger charge is -2.19. The molecule has 0 saturated heterocycles. The third kappa shape index (κ3) is 4.81. The van der Waals surface area contributed by atoms with Crippen LogP contribution in [0.2, 0.25) is 0 Å². The van der Waals surface area contributed by atoms with Gasteiger partial charge < -0.3 is 10.2 Å². The molecule has 1 N–H and O–H groups in total. The first-order valence-corrected chi connectivity index (χ1v) is 7.25. The quantitative estimate of drug-likeness (QED) is 0.239. The number of hydrogen-bond donors (Lipinski definition) is 1. The Bertz CT molecular complexity index is 668. The lowest BCUT2D eigenvalue weighted by atomic mass is 10.1. The van der Waals surface area contributed by atoms with Crippen molar-refractivity contribution in [3.8, 4) is 0 Å². The monoisotopic (exact) mass is 440 g/mol. The summed E-state index contributed by atoms with van der Waals surface area (Å²) in [5, 5.41) is 2.26. The van der Waals surface area contributed by atoms with Crippen molar-refractivity contribution in [3.63, 3.8) is 0 Å². The smallest absolute Gasteiger partial charge is 0.328 e. The third-order valence-electron chi connectivity index (χ3n) is 2.78. The normalized spacial score (nSPS) is 12.3. The van der Waals surface area contributed by atoms with E-state index < -0.39 is 29.2 Å². The number of nitrogens with zero attached hydrogens (tertiary/aromatic N) is 1. The van der Waals surface area contributed by atoms with Crippen molar-refractivity contribution in [3.05, 3.63) is 64.3 Å². The van der Waals surface area contributed by atoms with Crippen molar-refractivity contribution in [2.45, 2.75) is 6.18 Å². The molecule has 0 atom stereocenters. The van der Waals surface area contributed by atoms with Crippen LogP contribution in [-0.4, -0.2) is 24.0 Å². The van der Waals surface area contributed by atoms with Gasteiger partial charge in [0.1, 0.15) is 5.57 Å². The van der Waals surface area contributed by atoms with Crippen LogP contribution >= 0.6 is 22.6 Å². The van der Waals surface area contributed by atoms with E-state index in [1.807, 2.05) is 22.6 Å². The standard InChI is InChI=1S/C15H13F4IN2O/c1-4-22(3)13(16)12(9(2)15(17,18)19)14(23)21-11-8-6-5-7-10(11)20/h4-8H,1-2H2,3H3,(H,21,23)/b13-12+. The number of para-hydroxylation sites is 1. The number of carbonyl (C=O) groups excluding carboxylic acids is 1. The summed E-state index contributed by atoms with van der Waals surface area (Å²) in [5.41, 5.74) is -2.51. The minimum atomic E-state index is -4.95. The molecular weight excluding hydrogens is 427 g/mol. The summed E-state index contributed by atoms with van der Waals surface area (Å²) in [6, 6.07) is 6.41. The second-order valence-electron chi connectivity index (χ2n) is 4.37. The zero-order valence-corrected chi connectivity index (χ0v) is 14.2. The van der Waals surface area contributed by atoms with E-state index in [1.165, 1.54) is 6.07 Å². The average Bonchev–Trinajstić information content (AvgIpc) is 2.47. The Morgan fingerprint density at radius 3 is 2.39 bits per heavy atom. The van der Waals surface area contributed by atoms with Crippen molar-refractivity contribution in [2.75, 3.05) is 12.4 Å². The van der Waals surface area contributed by atoms with E-state index in [4.69, 9.17) is 0 Å². The molecule has 0 bridgehead atoms. The maximum atomic E-state index is 14.2. The van der Waals surface area contributed by atoms with E-state index in [9.17, 15) is 22.4 Å². The van der Waals surface area contributed by atoms with E-state index in [-0.39, 0.29) is 5.69 Å². The predicted molar refractivity (Wildman–Crippen MR) is 89.1 cm³/mol. The molecule has 1 aromatic carbocycles. The zero-order valence-electron chi connectivity index (χ0n) is 12.0. The molecule has 1 amide bonds. The Balaban J connectivity index is 3.30. The van der Waals surface area contributed by atoms with Gasteiger partial charge in [0.2, 0.25) is 5.95 Å². The molecule has 0 aliphatic rings. The number of alkyl halides is 3. The van der Waals surface area contributed by atoms with E-state index in [2.05, 4.69) is 18.5 Å². The van der Waals surface area contributed by atoms with Crippen LogP contribution < -0.4 is 5.32 Å². The Morgan fingerprint density at radius 2 is 1.91 bits per heavy atom. The molecule has 0 aliphatic heterocycles. The fourth-order valence-electron chi connectivity index (χ4n) is 1.50. The predicted octanol–water partition coefficient (Wildman–Crippen LogP) is 4.60. The van der Waals surface area contributed by atoms with Gasteiger partial charge in [-0.25, -0.2) is 0 Å². The fourth-order valence-corrected chi connectivity index (χ4v) is 2.02. The number of nitrogens with one attached hydrogen (secondary N) is 1. The van der Waals surface area contributed by atoms with Gasteiger partial charge in [-0.1, -0.05) is 25.3 Å². The number of carbonyl (C=O) groups is 1. The Labute approximate surface area is 144 Å². The molecule has 0 heterocycles. The number of anilines is 1. The number of amides is 1. The first kappa shape index (κ1) is 19.2. The SMILES string of the molecule is C=CN(C)/C(F)=C(\C(=C)C(F)(F)F)C(=O)Nc1ccccc1I. The topological polar surface area (TPSA) is 32.3 Å². The van der Waals surface area contributed by atoms with Crippen LogP contribution in [0.15, 0.2) is 60.7 Å². The Morgan fingerprint density at radius 1 is 1.35 bits per heavy atom. The van der Waals surface area contributed by atoms with Crippen molar-refractivity contribution in [2.24, 2.45) is 0 Å². The molecule has 124 valence electrons. The zero-order chi connectivity index (χ0) is 17.8. The van der Waals surface area contributed by atoms with Gasteiger partial charge in [-0.05, 0) is 40.9 Å². The number of halogens is 5. The summed E-state index contributed by atoms with van der Waals surface area (Å²) >= 11 is 1.89. The first-order chi connectivity index (χ1) is 10.6. The molecule has 1 rings (SSSR count). The van der Waals surface area contributed by atoms with E-state index in [0.717, 1.165) is 13.2 Å². The van der Waals surface area contributed by atoms with E-state index in [0.29, 0.717) is 8.47 Å². The number of rotatable bonds is 5. The van der Waals surface area contributed by atoms with Crippen LogP contribution in [0.3, 0.4) is 0 Å². The highest BCUT2D eigenvalue weighted by atomic mass is 127. The first-order valence-electron chi connectivity index (χ1n) is 6.17. The van der Waals surface area contributed by atoms with Crippen molar-refractivity contribution < 1.29 is 22.4 Å².